The van der Waals surface area contributed by atoms with Crippen LogP contribution in [0.15, 0.2) is 30.5 Å². The van der Waals surface area contributed by atoms with Gasteiger partial charge in [0.1, 0.15) is 18.8 Å². The Kier molecular flexibility index (Phi) is 9.85. The molecule has 1 aromatic carbocycles. The van der Waals surface area contributed by atoms with Crippen LogP contribution in [-0.4, -0.2) is 58.4 Å². The first kappa shape index (κ1) is 27.6. The van der Waals surface area contributed by atoms with E-state index in [0.717, 1.165) is 0 Å². The van der Waals surface area contributed by atoms with Gasteiger partial charge in [0.05, 0.1) is 5.56 Å². The molecule has 0 spiro atoms. The smallest absolute Gasteiger partial charge is 0.335 e. The molecule has 5 atom stereocenters. The van der Waals surface area contributed by atoms with Crippen molar-refractivity contribution in [1.82, 2.24) is 15.0 Å². The number of benzene rings is 1. The van der Waals surface area contributed by atoms with Crippen molar-refractivity contribution in [3.8, 4) is 11.3 Å². The maximum atomic E-state index is 11.8. The Balaban J connectivity index is 1.69. The SMILES string of the molecule is CC(=O)O[C@H]1C(C[n+]2cc(-c3cccc(C(=O)O)c3)n[nH]2)OC(OCCCCC(=O)NS)C(C)[C@H]1C. The molecule has 12 heteroatoms. The fourth-order valence-electron chi connectivity index (χ4n) is 4.18. The van der Waals surface area contributed by atoms with Crippen LogP contribution in [-0.2, 0) is 30.3 Å². The number of esters is 1. The van der Waals surface area contributed by atoms with Crippen molar-refractivity contribution in [2.24, 2.45) is 11.8 Å². The lowest BCUT2D eigenvalue weighted by Gasteiger charge is -2.43. The van der Waals surface area contributed by atoms with Crippen LogP contribution >= 0.6 is 12.8 Å². The number of carboxylic acids is 1. The molecule has 0 radical (unpaired) electrons. The van der Waals surface area contributed by atoms with Gasteiger partial charge >= 0.3 is 11.9 Å². The van der Waals surface area contributed by atoms with Crippen molar-refractivity contribution in [3.05, 3.63) is 36.0 Å². The molecule has 1 amide bonds. The Bertz CT molecular complexity index is 1060. The predicted octanol–water partition coefficient (Wildman–Crippen LogP) is 2.14. The lowest BCUT2D eigenvalue weighted by Crippen LogP contribution is -2.57. The minimum Gasteiger partial charge on any atom is -0.478 e. The van der Waals surface area contributed by atoms with E-state index in [1.165, 1.54) is 13.0 Å². The number of carbonyl (C=O) groups is 3. The molecule has 1 aliphatic heterocycles. The summed E-state index contributed by atoms with van der Waals surface area (Å²) in [6, 6.07) is 6.51. The molecular weight excluding hydrogens is 488 g/mol. The summed E-state index contributed by atoms with van der Waals surface area (Å²) in [4.78, 5) is 34.4. The number of aromatic amines is 1. The maximum absolute atomic E-state index is 11.8. The molecule has 2 aromatic rings. The summed E-state index contributed by atoms with van der Waals surface area (Å²) < 4.78 is 21.9. The van der Waals surface area contributed by atoms with Crippen LogP contribution in [0.2, 0.25) is 0 Å². The standard InChI is InChI=1S/C24H32N4O7S/c1-14-15(2)24(33-10-5-4-9-21(30)26-36)35-20(22(14)34-16(3)29)13-28-12-19(25-27-28)17-7-6-8-18(11-17)23(31)32/h6-8,11-12,14-15,20,22,24H,4-5,9-10,13H2,1-3H3,(H3,25,26,27,30,31,32,36)/p+1/t14-,15?,20?,22-,24?/m1/s1. The molecule has 196 valence electrons. The van der Waals surface area contributed by atoms with Crippen LogP contribution in [0.25, 0.3) is 11.3 Å². The van der Waals surface area contributed by atoms with Gasteiger partial charge < -0.3 is 24.0 Å². The number of hydrogen-bond donors (Lipinski definition) is 4. The highest BCUT2D eigenvalue weighted by Crippen LogP contribution is 2.34. The molecule has 1 aliphatic rings. The van der Waals surface area contributed by atoms with Gasteiger partial charge in [0, 0.05) is 42.4 Å². The second-order valence-corrected chi connectivity index (χ2v) is 9.19. The molecule has 1 aromatic heterocycles. The molecule has 0 bridgehead atoms. The zero-order chi connectivity index (χ0) is 26.2. The van der Waals surface area contributed by atoms with Crippen molar-refractivity contribution >= 4 is 30.7 Å². The monoisotopic (exact) mass is 521 g/mol. The Labute approximate surface area is 215 Å². The van der Waals surface area contributed by atoms with E-state index in [1.54, 1.807) is 29.1 Å². The van der Waals surface area contributed by atoms with E-state index in [0.29, 0.717) is 43.7 Å². The lowest BCUT2D eigenvalue weighted by molar-refractivity contribution is -0.761. The van der Waals surface area contributed by atoms with E-state index in [-0.39, 0.29) is 23.3 Å². The van der Waals surface area contributed by atoms with Crippen LogP contribution in [0.4, 0.5) is 0 Å². The summed E-state index contributed by atoms with van der Waals surface area (Å²) in [7, 11) is 0. The summed E-state index contributed by atoms with van der Waals surface area (Å²) in [5, 5.41) is 16.5. The zero-order valence-corrected chi connectivity index (χ0v) is 21.4. The van der Waals surface area contributed by atoms with Crippen LogP contribution in [0.3, 0.4) is 0 Å². The van der Waals surface area contributed by atoms with Crippen molar-refractivity contribution in [2.75, 3.05) is 6.61 Å². The quantitative estimate of drug-likeness (QED) is 0.152. The first-order valence-corrected chi connectivity index (χ1v) is 12.3. The van der Waals surface area contributed by atoms with Gasteiger partial charge in [0.2, 0.25) is 11.6 Å². The molecule has 1 saturated heterocycles. The molecule has 0 saturated carbocycles. The van der Waals surface area contributed by atoms with Crippen molar-refractivity contribution < 1.29 is 38.4 Å². The molecule has 36 heavy (non-hydrogen) atoms. The number of aromatic nitrogens is 3. The van der Waals surface area contributed by atoms with E-state index in [4.69, 9.17) is 14.2 Å². The summed E-state index contributed by atoms with van der Waals surface area (Å²) >= 11 is 3.74. The summed E-state index contributed by atoms with van der Waals surface area (Å²) in [6.45, 7) is 6.10. The molecule has 0 aliphatic carbocycles. The Hall–Kier alpha value is -2.96. The number of nitrogens with zero attached hydrogens (tertiary/aromatic N) is 2. The molecule has 11 nitrogen and oxygen atoms in total. The lowest BCUT2D eigenvalue weighted by atomic mass is 9.84. The van der Waals surface area contributed by atoms with Crippen molar-refractivity contribution in [2.45, 2.75) is 65.1 Å². The van der Waals surface area contributed by atoms with Gasteiger partial charge in [-0.15, -0.1) is 0 Å². The van der Waals surface area contributed by atoms with Gasteiger partial charge in [-0.2, -0.15) is 4.68 Å². The topological polar surface area (TPSA) is 144 Å². The average Bonchev–Trinajstić information content (AvgIpc) is 3.32. The third-order valence-electron chi connectivity index (χ3n) is 6.32. The number of ether oxygens (including phenoxy) is 3. The van der Waals surface area contributed by atoms with E-state index >= 15 is 0 Å². The zero-order valence-electron chi connectivity index (χ0n) is 20.5. The first-order valence-electron chi connectivity index (χ1n) is 11.9. The van der Waals surface area contributed by atoms with Gasteiger partial charge in [0.15, 0.2) is 12.5 Å². The van der Waals surface area contributed by atoms with Gasteiger partial charge in [-0.25, -0.2) is 4.79 Å². The molecular formula is C24H33N4O7S+. The van der Waals surface area contributed by atoms with Crippen LogP contribution in [0, 0.1) is 11.8 Å². The number of H-pyrrole nitrogens is 1. The highest BCUT2D eigenvalue weighted by molar-refractivity contribution is 7.78. The van der Waals surface area contributed by atoms with E-state index in [1.807, 2.05) is 13.8 Å². The highest BCUT2D eigenvalue weighted by Gasteiger charge is 2.45. The number of carboxylic acid groups (broad SMARTS) is 1. The highest BCUT2D eigenvalue weighted by atomic mass is 32.1. The second kappa shape index (κ2) is 12.8. The van der Waals surface area contributed by atoms with Crippen LogP contribution < -0.4 is 9.40 Å². The summed E-state index contributed by atoms with van der Waals surface area (Å²) in [6.07, 6.45) is 1.96. The van der Waals surface area contributed by atoms with Gasteiger partial charge in [0.25, 0.3) is 0 Å². The number of carbonyl (C=O) groups excluding carboxylic acids is 2. The van der Waals surface area contributed by atoms with Crippen molar-refractivity contribution in [1.29, 1.82) is 0 Å². The van der Waals surface area contributed by atoms with Crippen molar-refractivity contribution in [3.63, 3.8) is 0 Å². The number of aromatic carboxylic acids is 1. The largest absolute Gasteiger partial charge is 0.478 e. The molecule has 2 heterocycles. The van der Waals surface area contributed by atoms with Gasteiger partial charge in [-0.05, 0) is 25.0 Å². The van der Waals surface area contributed by atoms with Crippen LogP contribution in [0.5, 0.6) is 0 Å². The Morgan fingerprint density at radius 3 is 2.72 bits per heavy atom. The van der Waals surface area contributed by atoms with Gasteiger partial charge in [-0.3, -0.25) is 9.59 Å². The Morgan fingerprint density at radius 2 is 2.03 bits per heavy atom. The van der Waals surface area contributed by atoms with E-state index in [9.17, 15) is 19.5 Å². The Morgan fingerprint density at radius 1 is 1.25 bits per heavy atom. The number of rotatable bonds is 11. The molecule has 3 rings (SSSR count). The number of unbranched alkanes of at least 4 members (excludes halogenated alkanes) is 1. The number of thiol groups is 1. The molecule has 3 unspecified atom stereocenters. The molecule has 1 fully saturated rings. The number of amides is 1. The summed E-state index contributed by atoms with van der Waals surface area (Å²) in [5.74, 6) is -1.62. The van der Waals surface area contributed by atoms with E-state index in [2.05, 4.69) is 27.8 Å². The maximum Gasteiger partial charge on any atom is 0.335 e. The number of hydrogen-bond acceptors (Lipinski definition) is 8. The third kappa shape index (κ3) is 7.28. The predicted molar refractivity (Wildman–Crippen MR) is 131 cm³/mol. The van der Waals surface area contributed by atoms with Crippen LogP contribution in [0.1, 0.15) is 50.4 Å². The van der Waals surface area contributed by atoms with E-state index < -0.39 is 30.4 Å². The minimum atomic E-state index is -1.01. The van der Waals surface area contributed by atoms with Gasteiger partial charge in [-0.1, -0.05) is 44.0 Å². The first-order chi connectivity index (χ1) is 17.2. The third-order valence-corrected chi connectivity index (χ3v) is 6.57. The fraction of sp³-hybridized carbons (Fsp3) is 0.542. The molecule has 3 N–H and O–H groups in total. The fourth-order valence-corrected chi connectivity index (χ4v) is 4.29. The second-order valence-electron chi connectivity index (χ2n) is 8.96. The summed E-state index contributed by atoms with van der Waals surface area (Å²) in [5.41, 5.74) is 1.39. The minimum absolute atomic E-state index is 0.0348. The average molecular weight is 522 g/mol. The normalized spacial score (nSPS) is 23.7. The number of nitrogens with one attached hydrogen (secondary N) is 2.